The molecule has 2 unspecified atom stereocenters. The van der Waals surface area contributed by atoms with Crippen molar-refractivity contribution in [1.29, 1.82) is 0 Å². The molecule has 3 nitrogen and oxygen atoms in total. The predicted molar refractivity (Wildman–Crippen MR) is 52.1 cm³/mol. The zero-order valence-electron chi connectivity index (χ0n) is 9.13. The van der Waals surface area contributed by atoms with Gasteiger partial charge in [0.1, 0.15) is 0 Å². The average Bonchev–Trinajstić information content (AvgIpc) is 2.47. The van der Waals surface area contributed by atoms with Crippen LogP contribution in [0.25, 0.3) is 0 Å². The van der Waals surface area contributed by atoms with E-state index in [4.69, 9.17) is 5.11 Å². The quantitative estimate of drug-likeness (QED) is 0.817. The number of carboxylic acid groups (broad SMARTS) is 1. The molecule has 0 heterocycles. The molecule has 0 aromatic heterocycles. The van der Waals surface area contributed by atoms with Crippen molar-refractivity contribution in [3.05, 3.63) is 0 Å². The summed E-state index contributed by atoms with van der Waals surface area (Å²) >= 11 is 0. The minimum atomic E-state index is -4.33. The Hall–Kier alpha value is -0.780. The third-order valence-corrected chi connectivity index (χ3v) is 2.90. The molecule has 0 saturated heterocycles. The van der Waals surface area contributed by atoms with Gasteiger partial charge in [-0.3, -0.25) is 9.69 Å². The third kappa shape index (κ3) is 4.38. The Labute approximate surface area is 92.2 Å². The molecule has 0 radical (unpaired) electrons. The summed E-state index contributed by atoms with van der Waals surface area (Å²) in [7, 11) is 0. The first kappa shape index (κ1) is 13.3. The van der Waals surface area contributed by atoms with Gasteiger partial charge in [-0.05, 0) is 25.2 Å². The van der Waals surface area contributed by atoms with Crippen molar-refractivity contribution in [2.75, 3.05) is 13.1 Å². The molecule has 1 N–H and O–H groups in total. The van der Waals surface area contributed by atoms with Gasteiger partial charge in [-0.2, -0.15) is 13.2 Å². The van der Waals surface area contributed by atoms with Crippen molar-refractivity contribution in [3.8, 4) is 0 Å². The molecule has 0 aliphatic heterocycles. The maximum absolute atomic E-state index is 12.3. The first-order chi connectivity index (χ1) is 7.28. The summed E-state index contributed by atoms with van der Waals surface area (Å²) in [5, 5.41) is 8.60. The summed E-state index contributed by atoms with van der Waals surface area (Å²) in [6, 6.07) is -0.243. The third-order valence-electron chi connectivity index (χ3n) is 2.90. The van der Waals surface area contributed by atoms with Gasteiger partial charge in [0.05, 0.1) is 13.1 Å². The lowest BCUT2D eigenvalue weighted by Gasteiger charge is -2.28. The van der Waals surface area contributed by atoms with Crippen LogP contribution in [0.15, 0.2) is 0 Å². The van der Waals surface area contributed by atoms with Crippen LogP contribution in [-0.4, -0.2) is 41.3 Å². The number of carboxylic acids is 1. The van der Waals surface area contributed by atoms with E-state index in [0.29, 0.717) is 18.8 Å². The number of carbonyl (C=O) groups is 1. The molecule has 1 rings (SSSR count). The van der Waals surface area contributed by atoms with Crippen LogP contribution >= 0.6 is 0 Å². The van der Waals surface area contributed by atoms with Crippen LogP contribution in [0, 0.1) is 5.92 Å². The molecule has 1 aliphatic rings. The van der Waals surface area contributed by atoms with E-state index < -0.39 is 25.2 Å². The van der Waals surface area contributed by atoms with Crippen molar-refractivity contribution in [2.24, 2.45) is 5.92 Å². The van der Waals surface area contributed by atoms with Gasteiger partial charge >= 0.3 is 12.1 Å². The Morgan fingerprint density at radius 1 is 1.44 bits per heavy atom. The Kier molecular flexibility index (Phi) is 4.18. The number of aliphatic carboxylic acids is 1. The second-order valence-electron chi connectivity index (χ2n) is 4.49. The molecule has 0 amide bonds. The van der Waals surface area contributed by atoms with Crippen LogP contribution in [0.4, 0.5) is 13.2 Å². The molecule has 6 heteroatoms. The van der Waals surface area contributed by atoms with E-state index in [0.717, 1.165) is 11.3 Å². The van der Waals surface area contributed by atoms with E-state index in [1.54, 1.807) is 0 Å². The Balaban J connectivity index is 2.60. The Bertz CT molecular complexity index is 255. The zero-order chi connectivity index (χ0) is 12.3. The van der Waals surface area contributed by atoms with Gasteiger partial charge in [-0.15, -0.1) is 0 Å². The Morgan fingerprint density at radius 3 is 2.44 bits per heavy atom. The summed E-state index contributed by atoms with van der Waals surface area (Å²) in [6.45, 7) is 0.320. The topological polar surface area (TPSA) is 40.5 Å². The van der Waals surface area contributed by atoms with Gasteiger partial charge in [0, 0.05) is 6.04 Å². The normalized spacial score (nSPS) is 26.3. The van der Waals surface area contributed by atoms with Crippen LogP contribution < -0.4 is 0 Å². The largest absolute Gasteiger partial charge is 0.480 e. The second kappa shape index (κ2) is 5.03. The van der Waals surface area contributed by atoms with Crippen LogP contribution in [0.3, 0.4) is 0 Å². The first-order valence-electron chi connectivity index (χ1n) is 5.30. The molecule has 0 aromatic carbocycles. The fourth-order valence-electron chi connectivity index (χ4n) is 2.23. The smallest absolute Gasteiger partial charge is 0.401 e. The molecular weight excluding hydrogens is 223 g/mol. The average molecular weight is 239 g/mol. The van der Waals surface area contributed by atoms with E-state index in [1.807, 2.05) is 6.92 Å². The van der Waals surface area contributed by atoms with Crippen LogP contribution in [0.2, 0.25) is 0 Å². The van der Waals surface area contributed by atoms with E-state index in [1.165, 1.54) is 0 Å². The van der Waals surface area contributed by atoms with Crippen molar-refractivity contribution < 1.29 is 23.1 Å². The van der Waals surface area contributed by atoms with Crippen LogP contribution in [0.5, 0.6) is 0 Å². The molecule has 1 fully saturated rings. The maximum Gasteiger partial charge on any atom is 0.401 e. The SMILES string of the molecule is CC1CCC(N(CC(=O)O)CC(F)(F)F)C1. The molecule has 94 valence electrons. The fraction of sp³-hybridized carbons (Fsp3) is 0.900. The fourth-order valence-corrected chi connectivity index (χ4v) is 2.23. The molecule has 0 spiro atoms. The number of hydrogen-bond donors (Lipinski definition) is 1. The lowest BCUT2D eigenvalue weighted by atomic mass is 10.1. The van der Waals surface area contributed by atoms with E-state index >= 15 is 0 Å². The van der Waals surface area contributed by atoms with E-state index in [9.17, 15) is 18.0 Å². The summed E-state index contributed by atoms with van der Waals surface area (Å²) in [5.74, 6) is -0.821. The molecule has 1 aliphatic carbocycles. The van der Waals surface area contributed by atoms with Gasteiger partial charge < -0.3 is 5.11 Å². The number of hydrogen-bond acceptors (Lipinski definition) is 2. The van der Waals surface area contributed by atoms with Gasteiger partial charge in [-0.1, -0.05) is 6.92 Å². The predicted octanol–water partition coefficient (Wildman–Crippen LogP) is 2.12. The minimum absolute atomic E-state index is 0.243. The second-order valence-corrected chi connectivity index (χ2v) is 4.49. The zero-order valence-corrected chi connectivity index (χ0v) is 9.13. The van der Waals surface area contributed by atoms with Crippen LogP contribution in [0.1, 0.15) is 26.2 Å². The van der Waals surface area contributed by atoms with E-state index in [2.05, 4.69) is 0 Å². The number of nitrogens with zero attached hydrogens (tertiary/aromatic N) is 1. The monoisotopic (exact) mass is 239 g/mol. The summed E-state index contributed by atoms with van der Waals surface area (Å²) < 4.78 is 36.8. The highest BCUT2D eigenvalue weighted by Gasteiger charge is 2.36. The van der Waals surface area contributed by atoms with Crippen molar-refractivity contribution in [2.45, 2.75) is 38.4 Å². The summed E-state index contributed by atoms with van der Waals surface area (Å²) in [6.07, 6.45) is -2.15. The molecular formula is C10H16F3NO2. The standard InChI is InChI=1S/C10H16F3NO2/c1-7-2-3-8(4-7)14(5-9(15)16)6-10(11,12)13/h7-8H,2-6H2,1H3,(H,15,16). The summed E-state index contributed by atoms with van der Waals surface area (Å²) in [5.41, 5.74) is 0. The van der Waals surface area contributed by atoms with Crippen LogP contribution in [-0.2, 0) is 4.79 Å². The minimum Gasteiger partial charge on any atom is -0.480 e. The highest BCUT2D eigenvalue weighted by Crippen LogP contribution is 2.30. The molecule has 0 bridgehead atoms. The van der Waals surface area contributed by atoms with Crippen molar-refractivity contribution in [1.82, 2.24) is 4.90 Å². The highest BCUT2D eigenvalue weighted by molar-refractivity contribution is 5.69. The van der Waals surface area contributed by atoms with Gasteiger partial charge in [-0.25, -0.2) is 0 Å². The lowest BCUT2D eigenvalue weighted by molar-refractivity contribution is -0.158. The van der Waals surface area contributed by atoms with Gasteiger partial charge in [0.2, 0.25) is 0 Å². The molecule has 2 atom stereocenters. The van der Waals surface area contributed by atoms with Crippen molar-refractivity contribution >= 4 is 5.97 Å². The Morgan fingerprint density at radius 2 is 2.06 bits per heavy atom. The molecule has 16 heavy (non-hydrogen) atoms. The highest BCUT2D eigenvalue weighted by atomic mass is 19.4. The lowest BCUT2D eigenvalue weighted by Crippen LogP contribution is -2.43. The first-order valence-corrected chi connectivity index (χ1v) is 5.30. The maximum atomic E-state index is 12.3. The number of rotatable bonds is 4. The number of alkyl halides is 3. The molecule has 0 aromatic rings. The summed E-state index contributed by atoms with van der Waals surface area (Å²) in [4.78, 5) is 11.6. The van der Waals surface area contributed by atoms with Crippen molar-refractivity contribution in [3.63, 3.8) is 0 Å². The van der Waals surface area contributed by atoms with Gasteiger partial charge in [0.25, 0.3) is 0 Å². The molecule has 1 saturated carbocycles. The van der Waals surface area contributed by atoms with Gasteiger partial charge in [0.15, 0.2) is 0 Å². The number of halogens is 3. The van der Waals surface area contributed by atoms with E-state index in [-0.39, 0.29) is 6.04 Å².